The second-order valence-electron chi connectivity index (χ2n) is 3.88. The maximum Gasteiger partial charge on any atom is 0.0621 e. The molecule has 1 unspecified atom stereocenters. The molecule has 0 fully saturated rings. The minimum Gasteiger partial charge on any atom is -0.263 e. The zero-order chi connectivity index (χ0) is 12.1. The molecule has 88 valence electrons. The van der Waals surface area contributed by atoms with Gasteiger partial charge in [-0.3, -0.25) is 4.98 Å². The number of hydrogen-bond donors (Lipinski definition) is 0. The Labute approximate surface area is 115 Å². The van der Waals surface area contributed by atoms with Gasteiger partial charge in [0.25, 0.3) is 0 Å². The molecule has 0 aliphatic heterocycles. The van der Waals surface area contributed by atoms with Gasteiger partial charge in [-0.1, -0.05) is 57.9 Å². The molecule has 1 aromatic carbocycles. The lowest BCUT2D eigenvalue weighted by molar-refractivity contribution is 0.812. The third kappa shape index (κ3) is 3.55. The molecule has 2 rings (SSSR count). The first-order valence-corrected chi connectivity index (χ1v) is 6.84. The fraction of sp³-hybridized carbons (Fsp3) is 0.214. The Bertz CT molecular complexity index is 473. The molecule has 1 heterocycles. The third-order valence-corrected chi connectivity index (χ3v) is 4.01. The second-order valence-corrected chi connectivity index (χ2v) is 5.40. The highest BCUT2D eigenvalue weighted by molar-refractivity contribution is 9.09. The van der Waals surface area contributed by atoms with E-state index in [-0.39, 0.29) is 0 Å². The molecule has 3 heteroatoms. The van der Waals surface area contributed by atoms with Crippen molar-refractivity contribution in [3.05, 3.63) is 64.9 Å². The van der Waals surface area contributed by atoms with Crippen LogP contribution < -0.4 is 0 Å². The van der Waals surface area contributed by atoms with Gasteiger partial charge in [0.15, 0.2) is 0 Å². The van der Waals surface area contributed by atoms with Crippen molar-refractivity contribution < 1.29 is 0 Å². The summed E-state index contributed by atoms with van der Waals surface area (Å²) in [7, 11) is 0. The Kier molecular flexibility index (Phi) is 4.57. The number of rotatable bonds is 4. The Hall–Kier alpha value is -0.860. The zero-order valence-electron chi connectivity index (χ0n) is 9.31. The van der Waals surface area contributed by atoms with Crippen LogP contribution >= 0.6 is 27.5 Å². The maximum absolute atomic E-state index is 6.08. The molecule has 0 spiro atoms. The van der Waals surface area contributed by atoms with Gasteiger partial charge in [-0.2, -0.15) is 0 Å². The lowest BCUT2D eigenvalue weighted by Crippen LogP contribution is -1.94. The summed E-state index contributed by atoms with van der Waals surface area (Å²) >= 11 is 9.79. The minimum absolute atomic E-state index is 0.368. The first kappa shape index (κ1) is 12.6. The average Bonchev–Trinajstić information content (AvgIpc) is 2.38. The number of aryl methyl sites for hydroxylation is 1. The summed E-state index contributed by atoms with van der Waals surface area (Å²) < 4.78 is 0. The molecule has 2 aromatic rings. The first-order chi connectivity index (χ1) is 8.27. The van der Waals surface area contributed by atoms with E-state index in [2.05, 4.69) is 45.2 Å². The van der Waals surface area contributed by atoms with Crippen LogP contribution in [0.1, 0.15) is 22.4 Å². The van der Waals surface area contributed by atoms with Crippen LogP contribution in [0.4, 0.5) is 0 Å². The average molecular weight is 311 g/mol. The third-order valence-electron chi connectivity index (χ3n) is 2.68. The van der Waals surface area contributed by atoms with E-state index in [0.717, 1.165) is 23.4 Å². The van der Waals surface area contributed by atoms with Crippen molar-refractivity contribution in [1.82, 2.24) is 4.98 Å². The molecule has 1 nitrogen and oxygen atoms in total. The van der Waals surface area contributed by atoms with E-state index in [4.69, 9.17) is 11.6 Å². The number of hydrogen-bond acceptors (Lipinski definition) is 1. The van der Waals surface area contributed by atoms with Crippen molar-refractivity contribution in [3.8, 4) is 0 Å². The van der Waals surface area contributed by atoms with Crippen LogP contribution in [0.5, 0.6) is 0 Å². The molecular formula is C14H13BrClN. The van der Waals surface area contributed by atoms with E-state index in [1.807, 2.05) is 12.1 Å². The van der Waals surface area contributed by atoms with Crippen molar-refractivity contribution >= 4 is 27.5 Å². The van der Waals surface area contributed by atoms with Gasteiger partial charge >= 0.3 is 0 Å². The van der Waals surface area contributed by atoms with E-state index in [0.29, 0.717) is 4.83 Å². The summed E-state index contributed by atoms with van der Waals surface area (Å²) in [4.78, 5) is 4.35. The SMILES string of the molecule is Clc1cnccc1CCC(Br)c1ccccc1. The summed E-state index contributed by atoms with van der Waals surface area (Å²) in [5, 5.41) is 0.750. The Balaban J connectivity index is 1.97. The Morgan fingerprint density at radius 3 is 2.65 bits per heavy atom. The van der Waals surface area contributed by atoms with Crippen LogP contribution in [-0.4, -0.2) is 4.98 Å². The van der Waals surface area contributed by atoms with Crippen molar-refractivity contribution in [1.29, 1.82) is 0 Å². The predicted molar refractivity (Wildman–Crippen MR) is 75.7 cm³/mol. The summed E-state index contributed by atoms with van der Waals surface area (Å²) in [5.74, 6) is 0. The molecule has 17 heavy (non-hydrogen) atoms. The quantitative estimate of drug-likeness (QED) is 0.739. The first-order valence-electron chi connectivity index (χ1n) is 5.55. The van der Waals surface area contributed by atoms with Gasteiger partial charge in [-0.25, -0.2) is 0 Å². The van der Waals surface area contributed by atoms with Gasteiger partial charge in [-0.05, 0) is 30.0 Å². The lowest BCUT2D eigenvalue weighted by Gasteiger charge is -2.10. The molecule has 1 atom stereocenters. The standard InChI is InChI=1S/C14H13BrClN/c15-13(11-4-2-1-3-5-11)7-6-12-8-9-17-10-14(12)16/h1-5,8-10,13H,6-7H2. The van der Waals surface area contributed by atoms with Gasteiger partial charge in [-0.15, -0.1) is 0 Å². The molecule has 0 saturated carbocycles. The molecule has 0 radical (unpaired) electrons. The predicted octanol–water partition coefficient (Wildman–Crippen LogP) is 4.80. The fourth-order valence-corrected chi connectivity index (χ4v) is 2.47. The summed E-state index contributed by atoms with van der Waals surface area (Å²) in [6.45, 7) is 0. The van der Waals surface area contributed by atoms with Crippen LogP contribution in [-0.2, 0) is 6.42 Å². The van der Waals surface area contributed by atoms with Gasteiger partial charge in [0, 0.05) is 17.2 Å². The van der Waals surface area contributed by atoms with Crippen LogP contribution in [0.3, 0.4) is 0 Å². The second kappa shape index (κ2) is 6.18. The number of nitrogens with zero attached hydrogens (tertiary/aromatic N) is 1. The highest BCUT2D eigenvalue weighted by atomic mass is 79.9. The summed E-state index contributed by atoms with van der Waals surface area (Å²) in [5.41, 5.74) is 2.46. The van der Waals surface area contributed by atoms with Crippen LogP contribution in [0.15, 0.2) is 48.8 Å². The fourth-order valence-electron chi connectivity index (χ4n) is 1.72. The number of benzene rings is 1. The summed E-state index contributed by atoms with van der Waals surface area (Å²) in [6, 6.07) is 12.4. The largest absolute Gasteiger partial charge is 0.263 e. The van der Waals surface area contributed by atoms with Crippen LogP contribution in [0.2, 0.25) is 5.02 Å². The van der Waals surface area contributed by atoms with E-state index in [1.165, 1.54) is 5.56 Å². The topological polar surface area (TPSA) is 12.9 Å². The minimum atomic E-state index is 0.368. The van der Waals surface area contributed by atoms with Crippen molar-refractivity contribution in [2.45, 2.75) is 17.7 Å². The normalized spacial score (nSPS) is 12.4. The van der Waals surface area contributed by atoms with E-state index >= 15 is 0 Å². The molecule has 0 amide bonds. The number of halogens is 2. The Morgan fingerprint density at radius 2 is 1.94 bits per heavy atom. The van der Waals surface area contributed by atoms with Gasteiger partial charge in [0.2, 0.25) is 0 Å². The van der Waals surface area contributed by atoms with E-state index < -0.39 is 0 Å². The summed E-state index contributed by atoms with van der Waals surface area (Å²) in [6.07, 6.45) is 5.45. The molecule has 0 aliphatic carbocycles. The number of pyridine rings is 1. The number of alkyl halides is 1. The highest BCUT2D eigenvalue weighted by Crippen LogP contribution is 2.28. The molecule has 0 bridgehead atoms. The zero-order valence-corrected chi connectivity index (χ0v) is 11.7. The van der Waals surface area contributed by atoms with Gasteiger partial charge < -0.3 is 0 Å². The van der Waals surface area contributed by atoms with Crippen molar-refractivity contribution in [2.75, 3.05) is 0 Å². The monoisotopic (exact) mass is 309 g/mol. The smallest absolute Gasteiger partial charge is 0.0621 e. The molecular weight excluding hydrogens is 298 g/mol. The van der Waals surface area contributed by atoms with Crippen molar-refractivity contribution in [2.24, 2.45) is 0 Å². The van der Waals surface area contributed by atoms with Crippen LogP contribution in [0.25, 0.3) is 0 Å². The highest BCUT2D eigenvalue weighted by Gasteiger charge is 2.08. The van der Waals surface area contributed by atoms with Crippen LogP contribution in [0, 0.1) is 0 Å². The molecule has 0 N–H and O–H groups in total. The van der Waals surface area contributed by atoms with E-state index in [1.54, 1.807) is 12.4 Å². The maximum atomic E-state index is 6.08. The molecule has 0 aliphatic rings. The molecule has 1 aromatic heterocycles. The van der Waals surface area contributed by atoms with Crippen molar-refractivity contribution in [3.63, 3.8) is 0 Å². The van der Waals surface area contributed by atoms with E-state index in [9.17, 15) is 0 Å². The Morgan fingerprint density at radius 1 is 1.18 bits per heavy atom. The lowest BCUT2D eigenvalue weighted by atomic mass is 10.0. The van der Waals surface area contributed by atoms with Gasteiger partial charge in [0.05, 0.1) is 5.02 Å². The van der Waals surface area contributed by atoms with Gasteiger partial charge in [0.1, 0.15) is 0 Å². The molecule has 0 saturated heterocycles. The number of aromatic nitrogens is 1.